The molecule has 17 heavy (non-hydrogen) atoms. The molecule has 1 heterocycles. The van der Waals surface area contributed by atoms with Gasteiger partial charge in [0.15, 0.2) is 0 Å². The van der Waals surface area contributed by atoms with Gasteiger partial charge in [-0.25, -0.2) is 0 Å². The molecule has 0 aliphatic carbocycles. The van der Waals surface area contributed by atoms with E-state index in [1.165, 1.54) is 27.8 Å². The Labute approximate surface area is 103 Å². The van der Waals surface area contributed by atoms with Crippen molar-refractivity contribution in [1.82, 2.24) is 4.98 Å². The Morgan fingerprint density at radius 3 is 2.35 bits per heavy atom. The second kappa shape index (κ2) is 4.36. The zero-order valence-electron chi connectivity index (χ0n) is 11.3. The first kappa shape index (κ1) is 11.9. The van der Waals surface area contributed by atoms with Crippen LogP contribution in [-0.4, -0.2) is 11.5 Å². The number of fused-ring (bicyclic) bond motifs is 1. The molecule has 2 rings (SSSR count). The molecular weight excluding hydrogens is 208 g/mol. The Bertz CT molecular complexity index is 571. The highest BCUT2D eigenvalue weighted by atomic mass is 14.9. The number of aryl methyl sites for hydroxylation is 3. The van der Waals surface area contributed by atoms with Crippen molar-refractivity contribution in [2.45, 2.75) is 34.6 Å². The van der Waals surface area contributed by atoms with E-state index in [9.17, 15) is 0 Å². The molecule has 0 amide bonds. The van der Waals surface area contributed by atoms with Crippen LogP contribution in [0, 0.1) is 27.7 Å². The fourth-order valence-electron chi connectivity index (χ4n) is 2.27. The van der Waals surface area contributed by atoms with Gasteiger partial charge in [0.05, 0.1) is 5.52 Å². The van der Waals surface area contributed by atoms with Gasteiger partial charge in [-0.2, -0.15) is 0 Å². The van der Waals surface area contributed by atoms with Gasteiger partial charge in [-0.15, -0.1) is 0 Å². The van der Waals surface area contributed by atoms with Crippen LogP contribution in [0.2, 0.25) is 0 Å². The number of hydrogen-bond donors (Lipinski definition) is 1. The van der Waals surface area contributed by atoms with Crippen LogP contribution in [0.3, 0.4) is 0 Å². The molecule has 0 fully saturated rings. The van der Waals surface area contributed by atoms with Crippen LogP contribution < -0.4 is 5.32 Å². The standard InChI is InChI=1S/C15H20N2/c1-6-16-15-11(4)12(5)17-14-10(3)8-7-9(2)13(14)15/h7-8H,6H2,1-5H3,(H,16,17). The van der Waals surface area contributed by atoms with Crippen LogP contribution in [-0.2, 0) is 0 Å². The molecule has 0 bridgehead atoms. The summed E-state index contributed by atoms with van der Waals surface area (Å²) in [6.45, 7) is 11.6. The molecular formula is C15H20N2. The van der Waals surface area contributed by atoms with E-state index >= 15 is 0 Å². The van der Waals surface area contributed by atoms with E-state index in [0.717, 1.165) is 17.8 Å². The van der Waals surface area contributed by atoms with Crippen molar-refractivity contribution < 1.29 is 0 Å². The number of pyridine rings is 1. The van der Waals surface area contributed by atoms with Gasteiger partial charge in [-0.1, -0.05) is 12.1 Å². The van der Waals surface area contributed by atoms with Crippen molar-refractivity contribution in [3.63, 3.8) is 0 Å². The normalized spacial score (nSPS) is 10.9. The number of rotatable bonds is 2. The average molecular weight is 228 g/mol. The maximum absolute atomic E-state index is 4.74. The van der Waals surface area contributed by atoms with Gasteiger partial charge < -0.3 is 5.32 Å². The molecule has 0 radical (unpaired) electrons. The summed E-state index contributed by atoms with van der Waals surface area (Å²) in [6.07, 6.45) is 0. The van der Waals surface area contributed by atoms with Crippen LogP contribution in [0.5, 0.6) is 0 Å². The summed E-state index contributed by atoms with van der Waals surface area (Å²) in [5.41, 5.74) is 7.28. The molecule has 0 aliphatic heterocycles. The van der Waals surface area contributed by atoms with E-state index in [1.54, 1.807) is 0 Å². The molecule has 2 nitrogen and oxygen atoms in total. The third kappa shape index (κ3) is 1.88. The summed E-state index contributed by atoms with van der Waals surface area (Å²) >= 11 is 0. The first-order chi connectivity index (χ1) is 8.06. The van der Waals surface area contributed by atoms with E-state index < -0.39 is 0 Å². The topological polar surface area (TPSA) is 24.9 Å². The van der Waals surface area contributed by atoms with Gasteiger partial charge in [0.2, 0.25) is 0 Å². The zero-order chi connectivity index (χ0) is 12.6. The first-order valence-electron chi connectivity index (χ1n) is 6.17. The molecule has 2 heteroatoms. The van der Waals surface area contributed by atoms with Gasteiger partial charge in [-0.3, -0.25) is 4.98 Å². The third-order valence-corrected chi connectivity index (χ3v) is 3.39. The first-order valence-corrected chi connectivity index (χ1v) is 6.17. The molecule has 0 unspecified atom stereocenters. The molecule has 0 saturated heterocycles. The van der Waals surface area contributed by atoms with Crippen LogP contribution >= 0.6 is 0 Å². The lowest BCUT2D eigenvalue weighted by Gasteiger charge is -2.16. The number of anilines is 1. The minimum absolute atomic E-state index is 0.937. The Morgan fingerprint density at radius 2 is 1.71 bits per heavy atom. The molecule has 0 saturated carbocycles. The lowest BCUT2D eigenvalue weighted by molar-refractivity contribution is 1.15. The van der Waals surface area contributed by atoms with E-state index in [4.69, 9.17) is 4.98 Å². The van der Waals surface area contributed by atoms with E-state index in [0.29, 0.717) is 0 Å². The second-order valence-electron chi connectivity index (χ2n) is 4.65. The lowest BCUT2D eigenvalue weighted by atomic mass is 10.00. The highest BCUT2D eigenvalue weighted by Crippen LogP contribution is 2.31. The molecule has 90 valence electrons. The predicted molar refractivity (Wildman–Crippen MR) is 74.9 cm³/mol. The largest absolute Gasteiger partial charge is 0.384 e. The SMILES string of the molecule is CCNc1c(C)c(C)nc2c(C)ccc(C)c12. The van der Waals surface area contributed by atoms with Crippen molar-refractivity contribution in [2.24, 2.45) is 0 Å². The van der Waals surface area contributed by atoms with Gasteiger partial charge in [-0.05, 0) is 51.3 Å². The molecule has 0 atom stereocenters. The van der Waals surface area contributed by atoms with E-state index in [2.05, 4.69) is 52.1 Å². The Hall–Kier alpha value is -1.57. The minimum Gasteiger partial charge on any atom is -0.384 e. The molecule has 0 aliphatic rings. The van der Waals surface area contributed by atoms with E-state index in [1.807, 2.05) is 0 Å². The summed E-state index contributed by atoms with van der Waals surface area (Å²) in [5, 5.41) is 4.76. The predicted octanol–water partition coefficient (Wildman–Crippen LogP) is 3.90. The van der Waals surface area contributed by atoms with Gasteiger partial charge in [0.25, 0.3) is 0 Å². The summed E-state index contributed by atoms with van der Waals surface area (Å²) < 4.78 is 0. The lowest BCUT2D eigenvalue weighted by Crippen LogP contribution is -2.04. The maximum Gasteiger partial charge on any atom is 0.0757 e. The minimum atomic E-state index is 0.937. The molecule has 0 spiro atoms. The Morgan fingerprint density at radius 1 is 1.06 bits per heavy atom. The number of benzene rings is 1. The van der Waals surface area contributed by atoms with Crippen molar-refractivity contribution in [3.05, 3.63) is 34.5 Å². The zero-order valence-corrected chi connectivity index (χ0v) is 11.3. The van der Waals surface area contributed by atoms with Crippen molar-refractivity contribution in [2.75, 3.05) is 11.9 Å². The summed E-state index contributed by atoms with van der Waals surface area (Å²) in [7, 11) is 0. The average Bonchev–Trinajstić information content (AvgIpc) is 2.30. The van der Waals surface area contributed by atoms with Crippen LogP contribution in [0.1, 0.15) is 29.3 Å². The highest BCUT2D eigenvalue weighted by Gasteiger charge is 2.12. The van der Waals surface area contributed by atoms with Crippen LogP contribution in [0.4, 0.5) is 5.69 Å². The quantitative estimate of drug-likeness (QED) is 0.843. The van der Waals surface area contributed by atoms with Crippen molar-refractivity contribution >= 4 is 16.6 Å². The molecule has 1 aromatic carbocycles. The summed E-state index contributed by atoms with van der Waals surface area (Å²) in [4.78, 5) is 4.74. The molecule has 1 aromatic heterocycles. The number of nitrogens with one attached hydrogen (secondary N) is 1. The smallest absolute Gasteiger partial charge is 0.0757 e. The maximum atomic E-state index is 4.74. The van der Waals surface area contributed by atoms with Gasteiger partial charge >= 0.3 is 0 Å². The fourth-order valence-corrected chi connectivity index (χ4v) is 2.27. The van der Waals surface area contributed by atoms with Gasteiger partial charge in [0, 0.05) is 23.3 Å². The van der Waals surface area contributed by atoms with Crippen LogP contribution in [0.15, 0.2) is 12.1 Å². The Kier molecular flexibility index (Phi) is 3.05. The summed E-state index contributed by atoms with van der Waals surface area (Å²) in [5.74, 6) is 0. The van der Waals surface area contributed by atoms with Crippen molar-refractivity contribution in [1.29, 1.82) is 0 Å². The number of hydrogen-bond acceptors (Lipinski definition) is 2. The number of aromatic nitrogens is 1. The molecule has 1 N–H and O–H groups in total. The summed E-state index contributed by atoms with van der Waals surface area (Å²) in [6, 6.07) is 4.32. The monoisotopic (exact) mass is 228 g/mol. The van der Waals surface area contributed by atoms with Crippen LogP contribution in [0.25, 0.3) is 10.9 Å². The molecule has 2 aromatic rings. The third-order valence-electron chi connectivity index (χ3n) is 3.39. The van der Waals surface area contributed by atoms with Gasteiger partial charge in [0.1, 0.15) is 0 Å². The second-order valence-corrected chi connectivity index (χ2v) is 4.65. The Balaban J connectivity index is 2.92. The van der Waals surface area contributed by atoms with E-state index in [-0.39, 0.29) is 0 Å². The van der Waals surface area contributed by atoms with Crippen molar-refractivity contribution in [3.8, 4) is 0 Å². The number of nitrogens with zero attached hydrogens (tertiary/aromatic N) is 1. The highest BCUT2D eigenvalue weighted by molar-refractivity contribution is 5.97. The fraction of sp³-hybridized carbons (Fsp3) is 0.400.